The molecular formula is C27H19BrO7. The Kier molecular flexibility index (Phi) is 5.82. The van der Waals surface area contributed by atoms with Crippen molar-refractivity contribution in [2.45, 2.75) is 6.92 Å². The number of Topliss-reactive ketones (excluding diaryl/α,β-unsaturated/α-hetero) is 1. The van der Waals surface area contributed by atoms with Crippen molar-refractivity contribution in [3.63, 3.8) is 0 Å². The maximum Gasteiger partial charge on any atom is 0.379 e. The third-order valence-electron chi connectivity index (χ3n) is 5.56. The summed E-state index contributed by atoms with van der Waals surface area (Å²) in [6.07, 6.45) is 1.60. The summed E-state index contributed by atoms with van der Waals surface area (Å²) in [5.41, 5.74) is 2.22. The third kappa shape index (κ3) is 4.28. The van der Waals surface area contributed by atoms with Crippen molar-refractivity contribution in [1.82, 2.24) is 0 Å². The van der Waals surface area contributed by atoms with Crippen LogP contribution in [0.5, 0.6) is 23.0 Å². The SMILES string of the molecule is COc1ccc(OC)c(/C=C2\Oc3cc(OC(=O)c4cc5cc(Br)ccc5o4)cc(C)c3C2=O)c1. The van der Waals surface area contributed by atoms with Crippen LogP contribution in [0.2, 0.25) is 0 Å². The van der Waals surface area contributed by atoms with Gasteiger partial charge in [0.05, 0.1) is 19.8 Å². The van der Waals surface area contributed by atoms with Crippen LogP contribution in [0, 0.1) is 6.92 Å². The first kappa shape index (κ1) is 22.7. The maximum atomic E-state index is 13.1. The van der Waals surface area contributed by atoms with Gasteiger partial charge in [-0.2, -0.15) is 0 Å². The molecule has 0 spiro atoms. The lowest BCUT2D eigenvalue weighted by atomic mass is 10.0. The Morgan fingerprint density at radius 1 is 0.971 bits per heavy atom. The topological polar surface area (TPSA) is 84.2 Å². The highest BCUT2D eigenvalue weighted by Gasteiger charge is 2.31. The molecule has 7 nitrogen and oxygen atoms in total. The molecule has 5 rings (SSSR count). The third-order valence-corrected chi connectivity index (χ3v) is 6.05. The van der Waals surface area contributed by atoms with Gasteiger partial charge >= 0.3 is 5.97 Å². The van der Waals surface area contributed by atoms with Gasteiger partial charge in [-0.1, -0.05) is 15.9 Å². The number of allylic oxidation sites excluding steroid dienone is 1. The van der Waals surface area contributed by atoms with Gasteiger partial charge in [-0.05, 0) is 67.1 Å². The highest BCUT2D eigenvalue weighted by atomic mass is 79.9. The monoisotopic (exact) mass is 534 g/mol. The molecule has 0 fully saturated rings. The number of hydrogen-bond acceptors (Lipinski definition) is 7. The normalized spacial score (nSPS) is 13.6. The van der Waals surface area contributed by atoms with Gasteiger partial charge in [0.1, 0.15) is 28.6 Å². The van der Waals surface area contributed by atoms with E-state index >= 15 is 0 Å². The molecule has 0 radical (unpaired) electrons. The number of ether oxygens (including phenoxy) is 4. The van der Waals surface area contributed by atoms with Crippen LogP contribution < -0.4 is 18.9 Å². The average molecular weight is 535 g/mol. The minimum atomic E-state index is -0.655. The number of ketones is 1. The number of aryl methyl sites for hydroxylation is 1. The first-order chi connectivity index (χ1) is 16.9. The molecule has 1 aliphatic rings. The summed E-state index contributed by atoms with van der Waals surface area (Å²) in [5.74, 6) is 0.986. The molecule has 3 aromatic carbocycles. The molecule has 176 valence electrons. The number of esters is 1. The molecular weight excluding hydrogens is 516 g/mol. The summed E-state index contributed by atoms with van der Waals surface area (Å²) in [6.45, 7) is 1.76. The van der Waals surface area contributed by atoms with Crippen LogP contribution in [0.25, 0.3) is 17.0 Å². The van der Waals surface area contributed by atoms with E-state index in [9.17, 15) is 9.59 Å². The number of carbonyl (C=O) groups is 2. The molecule has 1 aliphatic heterocycles. The number of hydrogen-bond donors (Lipinski definition) is 0. The molecule has 8 heteroatoms. The van der Waals surface area contributed by atoms with Crippen molar-refractivity contribution in [2.24, 2.45) is 0 Å². The van der Waals surface area contributed by atoms with Crippen molar-refractivity contribution in [1.29, 1.82) is 0 Å². The van der Waals surface area contributed by atoms with Crippen LogP contribution in [0.1, 0.15) is 32.0 Å². The number of carbonyl (C=O) groups excluding carboxylic acids is 2. The van der Waals surface area contributed by atoms with E-state index in [0.29, 0.717) is 39.5 Å². The minimum absolute atomic E-state index is 0.0685. The van der Waals surface area contributed by atoms with E-state index in [1.54, 1.807) is 63.6 Å². The van der Waals surface area contributed by atoms with Crippen LogP contribution >= 0.6 is 15.9 Å². The van der Waals surface area contributed by atoms with Gasteiger partial charge in [-0.3, -0.25) is 4.79 Å². The number of benzene rings is 3. The van der Waals surface area contributed by atoms with Gasteiger partial charge in [-0.15, -0.1) is 0 Å². The highest BCUT2D eigenvalue weighted by Crippen LogP contribution is 2.39. The summed E-state index contributed by atoms with van der Waals surface area (Å²) < 4.78 is 28.5. The first-order valence-corrected chi connectivity index (χ1v) is 11.4. The zero-order valence-corrected chi connectivity index (χ0v) is 20.6. The zero-order chi connectivity index (χ0) is 24.7. The molecule has 0 unspecified atom stereocenters. The Labute approximate surface area is 209 Å². The summed E-state index contributed by atoms with van der Waals surface area (Å²) >= 11 is 3.40. The molecule has 0 N–H and O–H groups in total. The van der Waals surface area contributed by atoms with E-state index in [-0.39, 0.29) is 23.1 Å². The van der Waals surface area contributed by atoms with Gasteiger partial charge in [0.2, 0.25) is 11.5 Å². The standard InChI is InChI=1S/C27H19BrO7/c1-14-8-19(33-27(30)24-12-15-9-17(28)4-6-21(15)34-24)13-22-25(14)26(29)23(35-22)11-16-10-18(31-2)5-7-20(16)32-3/h4-13H,1-3H3/b23-11-. The fraction of sp³-hybridized carbons (Fsp3) is 0.111. The minimum Gasteiger partial charge on any atom is -0.497 e. The molecule has 35 heavy (non-hydrogen) atoms. The zero-order valence-electron chi connectivity index (χ0n) is 19.0. The summed E-state index contributed by atoms with van der Waals surface area (Å²) in [6, 6.07) is 15.4. The Morgan fingerprint density at radius 3 is 2.57 bits per heavy atom. The second kappa shape index (κ2) is 8.96. The van der Waals surface area contributed by atoms with E-state index in [1.807, 2.05) is 12.1 Å². The van der Waals surface area contributed by atoms with Crippen LogP contribution in [0.4, 0.5) is 0 Å². The van der Waals surface area contributed by atoms with E-state index in [2.05, 4.69) is 15.9 Å². The number of halogens is 1. The lowest BCUT2D eigenvalue weighted by molar-refractivity contribution is 0.0703. The number of rotatable bonds is 5. The molecule has 2 heterocycles. The molecule has 1 aromatic heterocycles. The molecule has 0 aliphatic carbocycles. The smallest absolute Gasteiger partial charge is 0.379 e. The van der Waals surface area contributed by atoms with Crippen LogP contribution in [0.3, 0.4) is 0 Å². The van der Waals surface area contributed by atoms with Crippen molar-refractivity contribution in [3.8, 4) is 23.0 Å². The molecule has 4 aromatic rings. The second-order valence-electron chi connectivity index (χ2n) is 7.84. The van der Waals surface area contributed by atoms with Crippen LogP contribution in [-0.4, -0.2) is 26.0 Å². The Hall–Kier alpha value is -4.04. The van der Waals surface area contributed by atoms with E-state index in [1.165, 1.54) is 6.07 Å². The van der Waals surface area contributed by atoms with E-state index in [4.69, 9.17) is 23.4 Å². The summed E-state index contributed by atoms with van der Waals surface area (Å²) in [5, 5.41) is 0.771. The van der Waals surface area contributed by atoms with Gasteiger partial charge in [0.25, 0.3) is 0 Å². The number of fused-ring (bicyclic) bond motifs is 2. The lowest BCUT2D eigenvalue weighted by Crippen LogP contribution is -2.07. The molecule has 0 saturated heterocycles. The fourth-order valence-corrected chi connectivity index (χ4v) is 4.28. The fourth-order valence-electron chi connectivity index (χ4n) is 3.90. The second-order valence-corrected chi connectivity index (χ2v) is 8.76. The summed E-state index contributed by atoms with van der Waals surface area (Å²) in [7, 11) is 3.10. The summed E-state index contributed by atoms with van der Waals surface area (Å²) in [4.78, 5) is 25.8. The van der Waals surface area contributed by atoms with E-state index in [0.717, 1.165) is 9.86 Å². The molecule has 0 amide bonds. The van der Waals surface area contributed by atoms with Gasteiger partial charge in [-0.25, -0.2) is 4.79 Å². The largest absolute Gasteiger partial charge is 0.497 e. The predicted molar refractivity (Wildman–Crippen MR) is 133 cm³/mol. The van der Waals surface area contributed by atoms with Crippen molar-refractivity contribution >= 4 is 44.7 Å². The number of methoxy groups -OCH3 is 2. The first-order valence-electron chi connectivity index (χ1n) is 10.6. The van der Waals surface area contributed by atoms with Crippen molar-refractivity contribution in [2.75, 3.05) is 14.2 Å². The van der Waals surface area contributed by atoms with E-state index < -0.39 is 5.97 Å². The molecule has 0 saturated carbocycles. The number of furan rings is 1. The lowest BCUT2D eigenvalue weighted by Gasteiger charge is -2.08. The average Bonchev–Trinajstić information content (AvgIpc) is 3.39. The Morgan fingerprint density at radius 2 is 1.80 bits per heavy atom. The molecule has 0 atom stereocenters. The van der Waals surface area contributed by atoms with Gasteiger partial charge in [0, 0.05) is 21.5 Å². The quantitative estimate of drug-likeness (QED) is 0.167. The predicted octanol–water partition coefficient (Wildman–Crippen LogP) is 6.36. The van der Waals surface area contributed by atoms with Crippen LogP contribution in [0.15, 0.2) is 69.2 Å². The van der Waals surface area contributed by atoms with Gasteiger partial charge in [0.15, 0.2) is 5.76 Å². The maximum absolute atomic E-state index is 13.1. The highest BCUT2D eigenvalue weighted by molar-refractivity contribution is 9.10. The Bertz CT molecular complexity index is 1530. The van der Waals surface area contributed by atoms with Crippen molar-refractivity contribution in [3.05, 3.63) is 87.3 Å². The van der Waals surface area contributed by atoms with Gasteiger partial charge < -0.3 is 23.4 Å². The van der Waals surface area contributed by atoms with Crippen molar-refractivity contribution < 1.29 is 33.0 Å². The Balaban J connectivity index is 1.43. The molecule has 0 bridgehead atoms. The van der Waals surface area contributed by atoms with Crippen LogP contribution in [-0.2, 0) is 0 Å².